The number of hydrogen-bond donors (Lipinski definition) is 5. The molecule has 1 fully saturated rings. The Balaban J connectivity index is 1.91. The van der Waals surface area contributed by atoms with E-state index in [1.165, 1.54) is 5.57 Å². The number of benzene rings is 1. The summed E-state index contributed by atoms with van der Waals surface area (Å²) in [5.74, 6) is -1.78. The number of aryl methyl sites for hydroxylation is 1. The predicted octanol–water partition coefficient (Wildman–Crippen LogP) is 3.11. The van der Waals surface area contributed by atoms with Crippen LogP contribution in [0.2, 0.25) is 0 Å². The Labute approximate surface area is 217 Å². The summed E-state index contributed by atoms with van der Waals surface area (Å²) in [5.41, 5.74) is 1.84. The molecule has 0 saturated carbocycles. The molecule has 0 aromatic heterocycles. The second-order valence-corrected chi connectivity index (χ2v) is 11.1. The molecule has 9 nitrogen and oxygen atoms in total. The number of rotatable bonds is 8. The van der Waals surface area contributed by atoms with Crippen LogP contribution in [-0.2, 0) is 11.2 Å². The minimum absolute atomic E-state index is 0.0103. The predicted molar refractivity (Wildman–Crippen MR) is 135 cm³/mol. The number of allylic oxidation sites excluding steroid dienone is 2. The first-order valence-electron chi connectivity index (χ1n) is 13.3. The number of carboxylic acid groups (broad SMARTS) is 1. The van der Waals surface area contributed by atoms with E-state index in [2.05, 4.69) is 19.9 Å². The van der Waals surface area contributed by atoms with E-state index in [0.29, 0.717) is 23.3 Å². The highest BCUT2D eigenvalue weighted by molar-refractivity contribution is 5.94. The van der Waals surface area contributed by atoms with Gasteiger partial charge in [-0.05, 0) is 58.1 Å². The molecule has 4 rings (SSSR count). The summed E-state index contributed by atoms with van der Waals surface area (Å²) in [6.45, 7) is 7.61. The van der Waals surface area contributed by atoms with Gasteiger partial charge in [-0.25, -0.2) is 4.79 Å². The molecule has 1 saturated heterocycles. The van der Waals surface area contributed by atoms with Crippen LogP contribution in [-0.4, -0.2) is 68.5 Å². The second-order valence-electron chi connectivity index (χ2n) is 11.1. The summed E-state index contributed by atoms with van der Waals surface area (Å²) in [5, 5.41) is 51.1. The highest BCUT2D eigenvalue weighted by Gasteiger charge is 2.49. The maximum atomic E-state index is 12.7. The Morgan fingerprint density at radius 1 is 1.19 bits per heavy atom. The molecule has 5 N–H and O–H groups in total. The molecule has 0 amide bonds. The summed E-state index contributed by atoms with van der Waals surface area (Å²) in [4.78, 5) is 12.7. The van der Waals surface area contributed by atoms with Gasteiger partial charge in [0, 0.05) is 17.4 Å². The Morgan fingerprint density at radius 2 is 1.92 bits per heavy atom. The lowest BCUT2D eigenvalue weighted by atomic mass is 9.67. The van der Waals surface area contributed by atoms with E-state index in [9.17, 15) is 30.3 Å². The third-order valence-corrected chi connectivity index (χ3v) is 8.12. The van der Waals surface area contributed by atoms with Gasteiger partial charge >= 0.3 is 5.97 Å². The first-order chi connectivity index (χ1) is 17.5. The van der Waals surface area contributed by atoms with Gasteiger partial charge in [0.25, 0.3) is 0 Å². The quantitative estimate of drug-likeness (QED) is 0.258. The molecule has 0 spiro atoms. The molecule has 2 aliphatic heterocycles. The Morgan fingerprint density at radius 3 is 2.57 bits per heavy atom. The normalized spacial score (nSPS) is 32.5. The summed E-state index contributed by atoms with van der Waals surface area (Å²) < 4.78 is 18.2. The van der Waals surface area contributed by atoms with Gasteiger partial charge < -0.3 is 39.7 Å². The average Bonchev–Trinajstić information content (AvgIpc) is 2.82. The van der Waals surface area contributed by atoms with E-state index in [1.54, 1.807) is 0 Å². The minimum atomic E-state index is -1.76. The van der Waals surface area contributed by atoms with Gasteiger partial charge in [0.15, 0.2) is 6.29 Å². The second kappa shape index (κ2) is 10.9. The Bertz CT molecular complexity index is 1030. The molecule has 2 heterocycles. The van der Waals surface area contributed by atoms with Gasteiger partial charge in [0.1, 0.15) is 28.8 Å². The number of carboxylic acids is 1. The third-order valence-electron chi connectivity index (χ3n) is 8.12. The van der Waals surface area contributed by atoms with E-state index < -0.39 is 48.9 Å². The van der Waals surface area contributed by atoms with Crippen molar-refractivity contribution in [3.63, 3.8) is 0 Å². The highest BCUT2D eigenvalue weighted by atomic mass is 16.7. The fourth-order valence-electron chi connectivity index (χ4n) is 6.04. The van der Waals surface area contributed by atoms with Gasteiger partial charge in [-0.1, -0.05) is 31.4 Å². The number of fused-ring (bicyclic) bond motifs is 3. The SMILES string of the molecule is CCCCCc1cc2c(c(OC3O[C@H](O)[C@@H](O)[C@H](O)[C@H]3CO)c1C(=O)O)[C@@H]1C=C(C)CC[C@H]1C(C)(C)O2. The molecule has 9 heteroatoms. The summed E-state index contributed by atoms with van der Waals surface area (Å²) in [7, 11) is 0. The number of carbonyl (C=O) groups is 1. The van der Waals surface area contributed by atoms with Gasteiger partial charge in [-0.3, -0.25) is 0 Å². The smallest absolute Gasteiger partial charge is 0.339 e. The zero-order valence-corrected chi connectivity index (χ0v) is 22.0. The van der Waals surface area contributed by atoms with Crippen LogP contribution in [0.4, 0.5) is 0 Å². The van der Waals surface area contributed by atoms with E-state index in [-0.39, 0.29) is 23.1 Å². The molecule has 7 atom stereocenters. The van der Waals surface area contributed by atoms with Gasteiger partial charge in [-0.15, -0.1) is 0 Å². The summed E-state index contributed by atoms with van der Waals surface area (Å²) in [6.07, 6.45) is 0.783. The molecular formula is C28H40O9. The summed E-state index contributed by atoms with van der Waals surface area (Å²) in [6, 6.07) is 1.82. The standard InChI is InChI=1S/C28H40O9/c1-5-6-7-8-15-12-19-21(16-11-14(2)9-10-18(16)28(3,4)37-19)24(20(15)25(32)33)35-27-17(13-29)22(30)23(31)26(34)36-27/h11-12,16-18,22-23,26-27,29-31,34H,5-10,13H2,1-4H3,(H,32,33)/t16-,17-,18-,22-,23+,26+,27?/m1/s1. The van der Waals surface area contributed by atoms with Crippen molar-refractivity contribution in [2.24, 2.45) is 11.8 Å². The van der Waals surface area contributed by atoms with Crippen LogP contribution in [0.15, 0.2) is 17.7 Å². The van der Waals surface area contributed by atoms with Crippen molar-refractivity contribution in [2.45, 2.75) is 103 Å². The number of unbranched alkanes of at least 4 members (excludes halogenated alkanes) is 2. The van der Waals surface area contributed by atoms with E-state index in [4.69, 9.17) is 14.2 Å². The number of aromatic carboxylic acids is 1. The fourth-order valence-corrected chi connectivity index (χ4v) is 6.04. The van der Waals surface area contributed by atoms with Crippen molar-refractivity contribution in [3.8, 4) is 11.5 Å². The number of aliphatic hydroxyl groups excluding tert-OH is 4. The molecule has 0 radical (unpaired) electrons. The van der Waals surface area contributed by atoms with Crippen LogP contribution in [0.1, 0.15) is 87.2 Å². The zero-order chi connectivity index (χ0) is 27.1. The lowest BCUT2D eigenvalue weighted by Gasteiger charge is -2.47. The largest absolute Gasteiger partial charge is 0.487 e. The van der Waals surface area contributed by atoms with Crippen LogP contribution in [0.3, 0.4) is 0 Å². The van der Waals surface area contributed by atoms with Crippen molar-refractivity contribution in [1.82, 2.24) is 0 Å². The molecular weight excluding hydrogens is 480 g/mol. The lowest BCUT2D eigenvalue weighted by Crippen LogP contribution is -2.57. The average molecular weight is 521 g/mol. The van der Waals surface area contributed by atoms with Crippen molar-refractivity contribution in [3.05, 3.63) is 34.4 Å². The molecule has 1 unspecified atom stereocenters. The molecule has 1 aromatic carbocycles. The molecule has 1 aromatic rings. The molecule has 1 aliphatic carbocycles. The van der Waals surface area contributed by atoms with Crippen LogP contribution < -0.4 is 9.47 Å². The Kier molecular flexibility index (Phi) is 8.21. The van der Waals surface area contributed by atoms with Gasteiger partial charge in [-0.2, -0.15) is 0 Å². The number of ether oxygens (including phenoxy) is 3. The number of hydrogen-bond acceptors (Lipinski definition) is 8. The molecule has 206 valence electrons. The Hall–Kier alpha value is -2.17. The van der Waals surface area contributed by atoms with Crippen molar-refractivity contribution < 1.29 is 44.5 Å². The maximum absolute atomic E-state index is 12.7. The van der Waals surface area contributed by atoms with Gasteiger partial charge in [0.2, 0.25) is 6.29 Å². The van der Waals surface area contributed by atoms with Crippen LogP contribution >= 0.6 is 0 Å². The fraction of sp³-hybridized carbons (Fsp3) is 0.679. The lowest BCUT2D eigenvalue weighted by molar-refractivity contribution is -0.313. The number of aliphatic hydroxyl groups is 4. The van der Waals surface area contributed by atoms with Crippen LogP contribution in [0, 0.1) is 11.8 Å². The van der Waals surface area contributed by atoms with E-state index in [0.717, 1.165) is 32.1 Å². The first kappa shape index (κ1) is 27.9. The van der Waals surface area contributed by atoms with E-state index >= 15 is 0 Å². The van der Waals surface area contributed by atoms with Gasteiger partial charge in [0.05, 0.1) is 18.6 Å². The van der Waals surface area contributed by atoms with Crippen LogP contribution in [0.5, 0.6) is 11.5 Å². The maximum Gasteiger partial charge on any atom is 0.339 e. The molecule has 3 aliphatic rings. The highest BCUT2D eigenvalue weighted by Crippen LogP contribution is 2.55. The van der Waals surface area contributed by atoms with Crippen molar-refractivity contribution in [2.75, 3.05) is 6.61 Å². The zero-order valence-electron chi connectivity index (χ0n) is 22.0. The topological polar surface area (TPSA) is 146 Å². The van der Waals surface area contributed by atoms with Crippen molar-refractivity contribution in [1.29, 1.82) is 0 Å². The first-order valence-corrected chi connectivity index (χ1v) is 13.3. The monoisotopic (exact) mass is 520 g/mol. The third kappa shape index (κ3) is 5.25. The van der Waals surface area contributed by atoms with Crippen LogP contribution in [0.25, 0.3) is 0 Å². The summed E-state index contributed by atoms with van der Waals surface area (Å²) >= 11 is 0. The van der Waals surface area contributed by atoms with Crippen molar-refractivity contribution >= 4 is 5.97 Å². The minimum Gasteiger partial charge on any atom is -0.487 e. The molecule has 0 bridgehead atoms. The molecule has 37 heavy (non-hydrogen) atoms. The van der Waals surface area contributed by atoms with E-state index in [1.807, 2.05) is 19.9 Å².